The van der Waals surface area contributed by atoms with Gasteiger partial charge in [0.25, 0.3) is 0 Å². The Morgan fingerprint density at radius 1 is 0.824 bits per heavy atom. The van der Waals surface area contributed by atoms with Crippen LogP contribution in [0.2, 0.25) is 0 Å². The zero-order valence-electron chi connectivity index (χ0n) is 30.9. The van der Waals surface area contributed by atoms with E-state index in [2.05, 4.69) is 33.8 Å². The molecule has 8 aliphatic rings. The molecule has 4 aliphatic heterocycles. The number of ether oxygens (including phenoxy) is 6. The smallest absolute Gasteiger partial charge is 0.187 e. The lowest BCUT2D eigenvalue weighted by Crippen LogP contribution is -2.64. The molecule has 8 rings (SSSR count). The number of aliphatic hydroxyl groups excluding tert-OH is 6. The van der Waals surface area contributed by atoms with E-state index in [1.54, 1.807) is 0 Å². The molecule has 4 heterocycles. The lowest BCUT2D eigenvalue weighted by Gasteiger charge is -2.58. The third kappa shape index (κ3) is 5.84. The van der Waals surface area contributed by atoms with Crippen LogP contribution < -0.4 is 0 Å². The van der Waals surface area contributed by atoms with Crippen LogP contribution in [-0.2, 0) is 28.4 Å². The van der Waals surface area contributed by atoms with E-state index in [1.165, 1.54) is 31.8 Å². The second-order valence-electron chi connectivity index (χ2n) is 18.3. The Kier molecular flexibility index (Phi) is 9.83. The first-order chi connectivity index (χ1) is 24.2. The van der Waals surface area contributed by atoms with Crippen LogP contribution in [0.25, 0.3) is 0 Å². The molecule has 7 unspecified atom stereocenters. The van der Waals surface area contributed by atoms with Crippen molar-refractivity contribution in [3.8, 4) is 0 Å². The summed E-state index contributed by atoms with van der Waals surface area (Å²) in [6.45, 7) is 11.5. The first-order valence-corrected chi connectivity index (χ1v) is 19.8. The molecule has 12 nitrogen and oxygen atoms in total. The van der Waals surface area contributed by atoms with Gasteiger partial charge in [0.15, 0.2) is 18.4 Å². The molecule has 1 spiro atoms. The molecule has 0 aromatic rings. The lowest BCUT2D eigenvalue weighted by atomic mass is 9.47. The highest BCUT2D eigenvalue weighted by Gasteiger charge is 2.68. The van der Waals surface area contributed by atoms with Gasteiger partial charge in [0.1, 0.15) is 42.7 Å². The normalized spacial score (nSPS) is 58.4. The monoisotopic (exact) mass is 722 g/mol. The summed E-state index contributed by atoms with van der Waals surface area (Å²) in [5, 5.41) is 63.1. The summed E-state index contributed by atoms with van der Waals surface area (Å²) < 4.78 is 37.1. The molecular formula is C39H62O12. The fourth-order valence-electron chi connectivity index (χ4n) is 12.6. The molecule has 0 amide bonds. The summed E-state index contributed by atoms with van der Waals surface area (Å²) in [5.41, 5.74) is 1.75. The van der Waals surface area contributed by atoms with Crippen molar-refractivity contribution in [3.63, 3.8) is 0 Å². The molecule has 4 aliphatic carbocycles. The second kappa shape index (κ2) is 13.5. The summed E-state index contributed by atoms with van der Waals surface area (Å²) in [6, 6.07) is 0. The molecule has 0 aromatic heterocycles. The minimum absolute atomic E-state index is 0.0757. The third-order valence-electron chi connectivity index (χ3n) is 15.6. The van der Waals surface area contributed by atoms with Crippen LogP contribution in [0.5, 0.6) is 0 Å². The van der Waals surface area contributed by atoms with E-state index >= 15 is 0 Å². The molecule has 0 aromatic carbocycles. The van der Waals surface area contributed by atoms with Gasteiger partial charge in [-0.1, -0.05) is 39.3 Å². The summed E-state index contributed by atoms with van der Waals surface area (Å²) in [7, 11) is 0. The Balaban J connectivity index is 0.915. The third-order valence-corrected chi connectivity index (χ3v) is 15.6. The molecule has 290 valence electrons. The molecule has 0 bridgehead atoms. The first kappa shape index (κ1) is 37.2. The number of aliphatic hydroxyl groups is 6. The largest absolute Gasteiger partial charge is 0.394 e. The van der Waals surface area contributed by atoms with Gasteiger partial charge in [0.2, 0.25) is 0 Å². The summed E-state index contributed by atoms with van der Waals surface area (Å²) in [6.07, 6.45) is -1.53. The SMILES string of the molecule is CC1C2C(CC3[C@@H]4CC=C5CC(O[C@@H]6O[C@H](CO)[C@@H](O[C@@H]7O[C@@H](C)[C@H](O)[C@@H](O)[C@H]7O)[C@H](O)[C@H]6O)CC[C@]5(C)C4CC[C@]23C)OC12CC[C@H](C)CO2. The first-order valence-electron chi connectivity index (χ1n) is 19.8. The fourth-order valence-corrected chi connectivity index (χ4v) is 12.6. The molecule has 4 saturated heterocycles. The number of rotatable bonds is 5. The van der Waals surface area contributed by atoms with Gasteiger partial charge in [0.05, 0.1) is 31.5 Å². The number of hydrogen-bond acceptors (Lipinski definition) is 12. The van der Waals surface area contributed by atoms with Crippen molar-refractivity contribution in [1.82, 2.24) is 0 Å². The van der Waals surface area contributed by atoms with Crippen molar-refractivity contribution >= 4 is 0 Å². The van der Waals surface area contributed by atoms with Gasteiger partial charge >= 0.3 is 0 Å². The van der Waals surface area contributed by atoms with E-state index in [4.69, 9.17) is 28.4 Å². The zero-order valence-corrected chi connectivity index (χ0v) is 30.9. The van der Waals surface area contributed by atoms with Crippen LogP contribution >= 0.6 is 0 Å². The van der Waals surface area contributed by atoms with Gasteiger partial charge in [-0.3, -0.25) is 0 Å². The van der Waals surface area contributed by atoms with E-state index in [1.807, 2.05) is 0 Å². The second-order valence-corrected chi connectivity index (χ2v) is 18.3. The maximum atomic E-state index is 11.1. The van der Waals surface area contributed by atoms with E-state index in [0.29, 0.717) is 35.5 Å². The predicted octanol–water partition coefficient (Wildman–Crippen LogP) is 2.39. The fraction of sp³-hybridized carbons (Fsp3) is 0.949. The summed E-state index contributed by atoms with van der Waals surface area (Å²) >= 11 is 0. The maximum absolute atomic E-state index is 11.1. The van der Waals surface area contributed by atoms with Crippen LogP contribution in [0.3, 0.4) is 0 Å². The summed E-state index contributed by atoms with van der Waals surface area (Å²) in [4.78, 5) is 0. The molecule has 51 heavy (non-hydrogen) atoms. The quantitative estimate of drug-likeness (QED) is 0.229. The number of fused-ring (bicyclic) bond motifs is 7. The molecule has 0 radical (unpaired) electrons. The van der Waals surface area contributed by atoms with Crippen molar-refractivity contribution in [2.75, 3.05) is 13.2 Å². The van der Waals surface area contributed by atoms with Crippen molar-refractivity contribution in [3.05, 3.63) is 11.6 Å². The van der Waals surface area contributed by atoms with Gasteiger partial charge in [-0.15, -0.1) is 0 Å². The number of allylic oxidation sites excluding steroid dienone is 1. The van der Waals surface area contributed by atoms with Crippen molar-refractivity contribution in [2.45, 2.75) is 172 Å². The van der Waals surface area contributed by atoms with Gasteiger partial charge < -0.3 is 59.1 Å². The average Bonchev–Trinajstić information content (AvgIpc) is 3.56. The zero-order chi connectivity index (χ0) is 36.2. The van der Waals surface area contributed by atoms with Crippen LogP contribution in [-0.4, -0.2) is 123 Å². The van der Waals surface area contributed by atoms with Crippen molar-refractivity contribution in [2.24, 2.45) is 46.3 Å². The Morgan fingerprint density at radius 3 is 2.29 bits per heavy atom. The molecule has 6 N–H and O–H groups in total. The summed E-state index contributed by atoms with van der Waals surface area (Å²) in [5.74, 6) is 2.99. The lowest BCUT2D eigenvalue weighted by molar-refractivity contribution is -0.360. The Morgan fingerprint density at radius 2 is 1.57 bits per heavy atom. The predicted molar refractivity (Wildman–Crippen MR) is 182 cm³/mol. The van der Waals surface area contributed by atoms with Crippen LogP contribution in [0, 0.1) is 46.3 Å². The van der Waals surface area contributed by atoms with Crippen LogP contribution in [0.15, 0.2) is 11.6 Å². The number of hydrogen-bond donors (Lipinski definition) is 6. The Labute approximate surface area is 301 Å². The minimum Gasteiger partial charge on any atom is -0.394 e. The van der Waals surface area contributed by atoms with Gasteiger partial charge in [-0.2, -0.15) is 0 Å². The highest BCUT2D eigenvalue weighted by molar-refractivity contribution is 5.26. The van der Waals surface area contributed by atoms with E-state index in [9.17, 15) is 30.6 Å². The average molecular weight is 723 g/mol. The molecule has 12 heteroatoms. The van der Waals surface area contributed by atoms with Crippen molar-refractivity contribution in [1.29, 1.82) is 0 Å². The Hall–Kier alpha value is -0.740. The highest BCUT2D eigenvalue weighted by Crippen LogP contribution is 2.70. The van der Waals surface area contributed by atoms with Crippen LogP contribution in [0.4, 0.5) is 0 Å². The molecule has 3 saturated carbocycles. The topological polar surface area (TPSA) is 177 Å². The van der Waals surface area contributed by atoms with Crippen LogP contribution in [0.1, 0.15) is 92.4 Å². The molecule has 7 fully saturated rings. The van der Waals surface area contributed by atoms with E-state index < -0.39 is 73.8 Å². The van der Waals surface area contributed by atoms with Gasteiger partial charge in [0, 0.05) is 12.3 Å². The Bertz CT molecular complexity index is 1300. The highest BCUT2D eigenvalue weighted by atomic mass is 16.7. The van der Waals surface area contributed by atoms with Gasteiger partial charge in [-0.05, 0) is 98.7 Å². The molecular weight excluding hydrogens is 660 g/mol. The van der Waals surface area contributed by atoms with E-state index in [0.717, 1.165) is 45.1 Å². The van der Waals surface area contributed by atoms with Crippen molar-refractivity contribution < 1.29 is 59.1 Å². The maximum Gasteiger partial charge on any atom is 0.187 e. The molecule has 21 atom stereocenters. The van der Waals surface area contributed by atoms with Gasteiger partial charge in [-0.25, -0.2) is 0 Å². The standard InChI is InChI=1S/C39H62O12/c1-18-8-13-39(46-17-18)19(2)28-26(51-39)15-25-23-7-6-21-14-22(9-11-37(21,4)24(23)10-12-38(25,28)5)48-36-33(45)31(43)34(27(16-40)49-36)50-35-32(44)30(42)29(41)20(3)47-35/h6,18-20,22-36,40-45H,7-17H2,1-5H3/t18-,19?,20-,22?,23+,24?,25?,26?,27+,28?,29-,30+,31+,32+,33+,34+,35-,36+,37-,38-,39?/m0/s1. The van der Waals surface area contributed by atoms with E-state index in [-0.39, 0.29) is 23.0 Å². The minimum atomic E-state index is -1.61.